The first kappa shape index (κ1) is 32.0. The molecule has 1 unspecified atom stereocenters. The first-order chi connectivity index (χ1) is 21.1. The molecular formula is C34H39N5O5. The van der Waals surface area contributed by atoms with E-state index in [4.69, 9.17) is 16.2 Å². The molecule has 2 atom stereocenters. The Morgan fingerprint density at radius 1 is 0.795 bits per heavy atom. The predicted molar refractivity (Wildman–Crippen MR) is 171 cm³/mol. The molecule has 4 rings (SSSR count). The van der Waals surface area contributed by atoms with Crippen molar-refractivity contribution in [3.8, 4) is 5.75 Å². The number of nitrogens with two attached hydrogens (primary N) is 2. The van der Waals surface area contributed by atoms with Crippen LogP contribution in [-0.2, 0) is 12.1 Å². The zero-order chi connectivity index (χ0) is 31.5. The number of primary amides is 2. The summed E-state index contributed by atoms with van der Waals surface area (Å²) in [5, 5.41) is 28.5. The van der Waals surface area contributed by atoms with Gasteiger partial charge in [-0.25, -0.2) is 9.59 Å². The second kappa shape index (κ2) is 15.0. The highest BCUT2D eigenvalue weighted by atomic mass is 16.5. The van der Waals surface area contributed by atoms with Crippen molar-refractivity contribution in [3.05, 3.63) is 126 Å². The molecule has 8 N–H and O–H groups in total. The van der Waals surface area contributed by atoms with Crippen molar-refractivity contribution in [3.63, 3.8) is 0 Å². The normalized spacial score (nSPS) is 12.7. The van der Waals surface area contributed by atoms with Crippen molar-refractivity contribution in [2.45, 2.75) is 37.6 Å². The smallest absolute Gasteiger partial charge is 0.316 e. The van der Waals surface area contributed by atoms with Crippen LogP contribution in [0.2, 0.25) is 0 Å². The molecular weight excluding hydrogens is 558 g/mol. The number of hydrogen-bond donors (Lipinski definition) is 6. The lowest BCUT2D eigenvalue weighted by Gasteiger charge is -2.38. The molecule has 44 heavy (non-hydrogen) atoms. The van der Waals surface area contributed by atoms with Gasteiger partial charge in [0, 0.05) is 30.5 Å². The number of amides is 4. The first-order valence-corrected chi connectivity index (χ1v) is 14.3. The number of carbonyl (C=O) groups is 2. The highest BCUT2D eigenvalue weighted by molar-refractivity contribution is 5.88. The summed E-state index contributed by atoms with van der Waals surface area (Å²) in [6, 6.07) is 31.3. The number of aliphatic hydroxyl groups is 2. The van der Waals surface area contributed by atoms with Gasteiger partial charge >= 0.3 is 12.1 Å². The minimum Gasteiger partial charge on any atom is -0.491 e. The van der Waals surface area contributed by atoms with Gasteiger partial charge in [0.2, 0.25) is 0 Å². The number of hydrogen-bond acceptors (Lipinski definition) is 6. The molecule has 0 saturated heterocycles. The van der Waals surface area contributed by atoms with E-state index in [1.165, 1.54) is 0 Å². The highest BCUT2D eigenvalue weighted by Crippen LogP contribution is 2.37. The Kier molecular flexibility index (Phi) is 10.9. The van der Waals surface area contributed by atoms with Gasteiger partial charge in [-0.15, -0.1) is 0 Å². The van der Waals surface area contributed by atoms with Gasteiger partial charge in [-0.3, -0.25) is 4.90 Å². The lowest BCUT2D eigenvalue weighted by Crippen LogP contribution is -2.44. The second-order valence-electron chi connectivity index (χ2n) is 10.7. The lowest BCUT2D eigenvalue weighted by molar-refractivity contribution is 0.0107. The van der Waals surface area contributed by atoms with Gasteiger partial charge in [0.05, 0.1) is 0 Å². The Labute approximate surface area is 257 Å². The number of benzene rings is 4. The predicted octanol–water partition coefficient (Wildman–Crippen LogP) is 4.62. The number of nitrogens with zero attached hydrogens (tertiary/aromatic N) is 1. The maximum Gasteiger partial charge on any atom is 0.316 e. The summed E-state index contributed by atoms with van der Waals surface area (Å²) in [5.74, 6) is 0.673. The van der Waals surface area contributed by atoms with E-state index in [0.29, 0.717) is 41.3 Å². The van der Waals surface area contributed by atoms with E-state index < -0.39 is 23.8 Å². The number of anilines is 2. The summed E-state index contributed by atoms with van der Waals surface area (Å²) in [4.78, 5) is 24.8. The van der Waals surface area contributed by atoms with Crippen molar-refractivity contribution >= 4 is 23.4 Å². The molecule has 4 amide bonds. The Hall–Kier alpha value is -4.90. The summed E-state index contributed by atoms with van der Waals surface area (Å²) < 4.78 is 5.81. The number of carbonyl (C=O) groups excluding carboxylic acids is 2. The lowest BCUT2D eigenvalue weighted by atomic mass is 9.81. The van der Waals surface area contributed by atoms with Crippen LogP contribution < -0.4 is 26.8 Å². The second-order valence-corrected chi connectivity index (χ2v) is 10.7. The highest BCUT2D eigenvalue weighted by Gasteiger charge is 2.35. The number of urea groups is 2. The number of aliphatic hydroxyl groups excluding tert-OH is 1. The zero-order valence-corrected chi connectivity index (χ0v) is 24.6. The van der Waals surface area contributed by atoms with Gasteiger partial charge < -0.3 is 37.1 Å². The first-order valence-electron chi connectivity index (χ1n) is 14.3. The van der Waals surface area contributed by atoms with Gasteiger partial charge in [-0.2, -0.15) is 0 Å². The Morgan fingerprint density at radius 2 is 1.27 bits per heavy atom. The average Bonchev–Trinajstić information content (AvgIpc) is 3.01. The third-order valence-corrected chi connectivity index (χ3v) is 7.33. The molecule has 0 fully saturated rings. The van der Waals surface area contributed by atoms with Crippen LogP contribution in [0.5, 0.6) is 5.75 Å². The zero-order valence-electron chi connectivity index (χ0n) is 24.6. The van der Waals surface area contributed by atoms with Crippen LogP contribution >= 0.6 is 0 Å². The molecule has 10 heteroatoms. The van der Waals surface area contributed by atoms with Crippen molar-refractivity contribution < 1.29 is 24.5 Å². The van der Waals surface area contributed by atoms with Crippen LogP contribution in [0.1, 0.15) is 30.0 Å². The maximum absolute atomic E-state index is 12.4. The van der Waals surface area contributed by atoms with E-state index in [9.17, 15) is 19.8 Å². The minimum absolute atomic E-state index is 0.106. The molecule has 0 aliphatic carbocycles. The minimum atomic E-state index is -1.49. The Morgan fingerprint density at radius 3 is 1.75 bits per heavy atom. The Bertz CT molecular complexity index is 1430. The van der Waals surface area contributed by atoms with Gasteiger partial charge in [-0.1, -0.05) is 72.8 Å². The molecule has 4 aromatic rings. The number of ether oxygens (including phenoxy) is 1. The van der Waals surface area contributed by atoms with Crippen LogP contribution in [0.25, 0.3) is 0 Å². The van der Waals surface area contributed by atoms with Gasteiger partial charge in [0.1, 0.15) is 24.1 Å². The molecule has 0 bridgehead atoms. The fourth-order valence-corrected chi connectivity index (χ4v) is 5.15. The van der Waals surface area contributed by atoms with Gasteiger partial charge in [-0.05, 0) is 66.4 Å². The van der Waals surface area contributed by atoms with Crippen LogP contribution in [-0.4, -0.2) is 52.5 Å². The fraction of sp³-hybridized carbons (Fsp3) is 0.235. The number of para-hydroxylation sites is 1. The summed E-state index contributed by atoms with van der Waals surface area (Å²) in [6.45, 7) is 2.94. The van der Waals surface area contributed by atoms with E-state index in [1.807, 2.05) is 67.6 Å². The van der Waals surface area contributed by atoms with Crippen LogP contribution in [0.3, 0.4) is 0 Å². The summed E-state index contributed by atoms with van der Waals surface area (Å²) in [7, 11) is 0. The van der Waals surface area contributed by atoms with E-state index in [2.05, 4.69) is 15.5 Å². The molecule has 0 aliphatic heterocycles. The number of rotatable bonds is 14. The average molecular weight is 598 g/mol. The molecule has 4 aromatic carbocycles. The van der Waals surface area contributed by atoms with Crippen LogP contribution in [0.4, 0.5) is 21.0 Å². The van der Waals surface area contributed by atoms with E-state index in [1.54, 1.807) is 48.5 Å². The summed E-state index contributed by atoms with van der Waals surface area (Å²) in [5.41, 5.74) is 12.3. The molecule has 0 spiro atoms. The van der Waals surface area contributed by atoms with Crippen molar-refractivity contribution in [2.75, 3.05) is 23.8 Å². The monoisotopic (exact) mass is 597 g/mol. The standard InChI is InChI=1S/C34H39N5O5/c1-24(39(21-25-8-4-2-5-9-25)22-30(40)23-44-31-10-6-3-7-11-31)20-34(43,26-12-16-28(17-13-26)37-32(35)41)27-14-18-29(19-15-27)38-33(36)42/h2-19,24,30,40,43H,20-23H2,1H3,(H3,35,37,41)(H3,36,38,42)/t24?,30-/m0/s1. The topological polar surface area (TPSA) is 163 Å². The molecule has 10 nitrogen and oxygen atoms in total. The SMILES string of the molecule is CC(CC(O)(c1ccc(NC(N)=O)cc1)c1ccc(NC(N)=O)cc1)N(Cc1ccccc1)C[C@H](O)COc1ccccc1. The molecule has 230 valence electrons. The number of nitrogens with one attached hydrogen (secondary N) is 2. The van der Waals surface area contributed by atoms with Crippen LogP contribution in [0, 0.1) is 0 Å². The largest absolute Gasteiger partial charge is 0.491 e. The molecule has 0 radical (unpaired) electrons. The van der Waals surface area contributed by atoms with Crippen molar-refractivity contribution in [1.82, 2.24) is 4.90 Å². The maximum atomic E-state index is 12.4. The molecule has 0 heterocycles. The third kappa shape index (κ3) is 9.05. The molecule has 0 saturated carbocycles. The van der Waals surface area contributed by atoms with Crippen molar-refractivity contribution in [1.29, 1.82) is 0 Å². The van der Waals surface area contributed by atoms with E-state index in [0.717, 1.165) is 5.56 Å². The Balaban J connectivity index is 1.62. The molecule has 0 aliphatic rings. The fourth-order valence-electron chi connectivity index (χ4n) is 5.15. The summed E-state index contributed by atoms with van der Waals surface area (Å²) >= 11 is 0. The van der Waals surface area contributed by atoms with E-state index in [-0.39, 0.29) is 19.1 Å². The molecule has 0 aromatic heterocycles. The quantitative estimate of drug-likeness (QED) is 0.124. The van der Waals surface area contributed by atoms with Gasteiger partial charge in [0.15, 0.2) is 0 Å². The summed E-state index contributed by atoms with van der Waals surface area (Å²) in [6.07, 6.45) is -0.551. The third-order valence-electron chi connectivity index (χ3n) is 7.33. The van der Waals surface area contributed by atoms with E-state index >= 15 is 0 Å². The van der Waals surface area contributed by atoms with Crippen LogP contribution in [0.15, 0.2) is 109 Å². The van der Waals surface area contributed by atoms with Gasteiger partial charge in [0.25, 0.3) is 0 Å². The van der Waals surface area contributed by atoms with Crippen molar-refractivity contribution in [2.24, 2.45) is 11.5 Å².